The van der Waals surface area contributed by atoms with Crippen molar-refractivity contribution in [1.82, 2.24) is 15.5 Å². The third-order valence-corrected chi connectivity index (χ3v) is 7.31. The SMILES string of the molecule is O=C(CSc1nnc(C[C@@H]2CCS(=O)(=O)C2)o1)NC[C@@H]1COc2ccccc2O1. The Hall–Kier alpha value is -2.27. The maximum atomic E-state index is 12.1. The molecule has 0 aliphatic carbocycles. The minimum Gasteiger partial charge on any atom is -0.486 e. The number of nitrogens with one attached hydrogen (secondary N) is 1. The molecule has 1 fully saturated rings. The summed E-state index contributed by atoms with van der Waals surface area (Å²) in [5, 5.41) is 11.0. The van der Waals surface area contributed by atoms with Crippen LogP contribution in [0.25, 0.3) is 0 Å². The molecule has 0 saturated carbocycles. The summed E-state index contributed by atoms with van der Waals surface area (Å²) in [6.45, 7) is 0.702. The van der Waals surface area contributed by atoms with Gasteiger partial charge in [-0.05, 0) is 24.5 Å². The van der Waals surface area contributed by atoms with Gasteiger partial charge in [0.25, 0.3) is 5.22 Å². The maximum Gasteiger partial charge on any atom is 0.277 e. The number of carbonyl (C=O) groups is 1. The van der Waals surface area contributed by atoms with Crippen molar-refractivity contribution in [2.24, 2.45) is 5.92 Å². The molecule has 29 heavy (non-hydrogen) atoms. The standard InChI is InChI=1S/C18H21N3O6S2/c22-16(19-8-13-9-25-14-3-1-2-4-15(14)26-13)10-28-18-21-20-17(27-18)7-12-5-6-29(23,24)11-12/h1-4,12-13H,5-11H2,(H,19,22)/t12-,13+/m0/s1. The van der Waals surface area contributed by atoms with Crippen LogP contribution in [-0.2, 0) is 21.1 Å². The average Bonchev–Trinajstić information content (AvgIpc) is 3.30. The molecule has 1 amide bonds. The Morgan fingerprint density at radius 2 is 2.07 bits per heavy atom. The van der Waals surface area contributed by atoms with Gasteiger partial charge < -0.3 is 19.2 Å². The number of thioether (sulfide) groups is 1. The van der Waals surface area contributed by atoms with E-state index >= 15 is 0 Å². The van der Waals surface area contributed by atoms with Crippen molar-refractivity contribution in [3.63, 3.8) is 0 Å². The molecule has 11 heteroatoms. The van der Waals surface area contributed by atoms with Crippen molar-refractivity contribution in [2.75, 3.05) is 30.4 Å². The largest absolute Gasteiger partial charge is 0.486 e. The van der Waals surface area contributed by atoms with Crippen LogP contribution in [0.3, 0.4) is 0 Å². The van der Waals surface area contributed by atoms with Crippen LogP contribution in [0.4, 0.5) is 0 Å². The van der Waals surface area contributed by atoms with Gasteiger partial charge in [0.05, 0.1) is 23.8 Å². The van der Waals surface area contributed by atoms with Gasteiger partial charge in [-0.25, -0.2) is 8.42 Å². The fourth-order valence-corrected chi connectivity index (χ4v) is 5.70. The lowest BCUT2D eigenvalue weighted by Gasteiger charge is -2.26. The second kappa shape index (κ2) is 8.62. The first kappa shape index (κ1) is 20.0. The van der Waals surface area contributed by atoms with Crippen molar-refractivity contribution in [3.8, 4) is 11.5 Å². The third-order valence-electron chi connectivity index (χ3n) is 4.66. The fourth-order valence-electron chi connectivity index (χ4n) is 3.23. The van der Waals surface area contributed by atoms with Gasteiger partial charge in [0, 0.05) is 6.42 Å². The summed E-state index contributed by atoms with van der Waals surface area (Å²) < 4.78 is 40.0. The Labute approximate surface area is 172 Å². The molecule has 2 atom stereocenters. The predicted molar refractivity (Wildman–Crippen MR) is 105 cm³/mol. The highest BCUT2D eigenvalue weighted by Crippen LogP contribution is 2.30. The van der Waals surface area contributed by atoms with E-state index in [1.165, 1.54) is 0 Å². The van der Waals surface area contributed by atoms with E-state index in [9.17, 15) is 13.2 Å². The molecule has 3 heterocycles. The van der Waals surface area contributed by atoms with Crippen molar-refractivity contribution >= 4 is 27.5 Å². The summed E-state index contributed by atoms with van der Waals surface area (Å²) in [6, 6.07) is 7.41. The summed E-state index contributed by atoms with van der Waals surface area (Å²) in [4.78, 5) is 12.1. The van der Waals surface area contributed by atoms with E-state index in [0.29, 0.717) is 48.6 Å². The van der Waals surface area contributed by atoms with Crippen LogP contribution in [0.5, 0.6) is 11.5 Å². The van der Waals surface area contributed by atoms with E-state index in [4.69, 9.17) is 13.9 Å². The lowest BCUT2D eigenvalue weighted by molar-refractivity contribution is -0.119. The highest BCUT2D eigenvalue weighted by Gasteiger charge is 2.29. The molecule has 0 bridgehead atoms. The molecule has 0 spiro atoms. The van der Waals surface area contributed by atoms with Crippen molar-refractivity contribution in [3.05, 3.63) is 30.2 Å². The zero-order chi connectivity index (χ0) is 20.3. The van der Waals surface area contributed by atoms with Crippen LogP contribution < -0.4 is 14.8 Å². The number of fused-ring (bicyclic) bond motifs is 1. The minimum atomic E-state index is -2.93. The molecular formula is C18H21N3O6S2. The summed E-state index contributed by atoms with van der Waals surface area (Å²) >= 11 is 1.14. The maximum absolute atomic E-state index is 12.1. The van der Waals surface area contributed by atoms with E-state index in [2.05, 4.69) is 15.5 Å². The molecule has 1 aromatic carbocycles. The number of hydrogen-bond donors (Lipinski definition) is 1. The van der Waals surface area contributed by atoms with E-state index < -0.39 is 9.84 Å². The van der Waals surface area contributed by atoms with Gasteiger partial charge in [-0.1, -0.05) is 23.9 Å². The fraction of sp³-hybridized carbons (Fsp3) is 0.500. The van der Waals surface area contributed by atoms with Gasteiger partial charge in [0.2, 0.25) is 11.8 Å². The molecule has 1 aromatic heterocycles. The zero-order valence-corrected chi connectivity index (χ0v) is 17.2. The van der Waals surface area contributed by atoms with Gasteiger partial charge >= 0.3 is 0 Å². The highest BCUT2D eigenvalue weighted by molar-refractivity contribution is 7.99. The summed E-state index contributed by atoms with van der Waals surface area (Å²) in [5.74, 6) is 2.12. The third kappa shape index (κ3) is 5.41. The Kier molecular flexibility index (Phi) is 5.95. The molecule has 0 unspecified atom stereocenters. The molecule has 2 aliphatic heterocycles. The zero-order valence-electron chi connectivity index (χ0n) is 15.6. The number of ether oxygens (including phenoxy) is 2. The number of nitrogens with zero attached hydrogens (tertiary/aromatic N) is 2. The topological polar surface area (TPSA) is 121 Å². The second-order valence-corrected chi connectivity index (χ2v) is 10.2. The Balaban J connectivity index is 1.18. The first-order valence-corrected chi connectivity index (χ1v) is 12.1. The number of hydrogen-bond acceptors (Lipinski definition) is 9. The molecule has 1 N–H and O–H groups in total. The van der Waals surface area contributed by atoms with Gasteiger partial charge in [0.1, 0.15) is 12.7 Å². The van der Waals surface area contributed by atoms with E-state index in [0.717, 1.165) is 11.8 Å². The second-order valence-electron chi connectivity index (χ2n) is 7.03. The number of amides is 1. The molecule has 156 valence electrons. The van der Waals surface area contributed by atoms with E-state index in [1.54, 1.807) is 0 Å². The number of carbonyl (C=O) groups excluding carboxylic acids is 1. The van der Waals surface area contributed by atoms with Gasteiger partial charge in [0.15, 0.2) is 21.3 Å². The normalized spacial score (nSPS) is 22.3. The van der Waals surface area contributed by atoms with Crippen LogP contribution in [0.2, 0.25) is 0 Å². The monoisotopic (exact) mass is 439 g/mol. The molecule has 1 saturated heterocycles. The number of aromatic nitrogens is 2. The number of sulfone groups is 1. The van der Waals surface area contributed by atoms with Crippen molar-refractivity contribution in [2.45, 2.75) is 24.2 Å². The number of para-hydroxylation sites is 2. The van der Waals surface area contributed by atoms with Gasteiger partial charge in [-0.15, -0.1) is 10.2 Å². The predicted octanol–water partition coefficient (Wildman–Crippen LogP) is 1.10. The summed E-state index contributed by atoms with van der Waals surface area (Å²) in [7, 11) is -2.93. The summed E-state index contributed by atoms with van der Waals surface area (Å²) in [5.41, 5.74) is 0. The van der Waals surface area contributed by atoms with Crippen LogP contribution in [-0.4, -0.2) is 61.0 Å². The van der Waals surface area contributed by atoms with Crippen LogP contribution >= 0.6 is 11.8 Å². The Bertz CT molecular complexity index is 977. The van der Waals surface area contributed by atoms with Gasteiger partial charge in [-0.3, -0.25) is 4.79 Å². The van der Waals surface area contributed by atoms with Crippen LogP contribution in [0.1, 0.15) is 12.3 Å². The Morgan fingerprint density at radius 1 is 1.24 bits per heavy atom. The lowest BCUT2D eigenvalue weighted by atomic mass is 10.1. The molecule has 9 nitrogen and oxygen atoms in total. The van der Waals surface area contributed by atoms with Crippen LogP contribution in [0, 0.1) is 5.92 Å². The Morgan fingerprint density at radius 3 is 2.86 bits per heavy atom. The number of rotatable bonds is 7. The average molecular weight is 440 g/mol. The molecule has 4 rings (SSSR count). The minimum absolute atomic E-state index is 0.0180. The highest BCUT2D eigenvalue weighted by atomic mass is 32.2. The first-order chi connectivity index (χ1) is 14.0. The lowest BCUT2D eigenvalue weighted by Crippen LogP contribution is -2.41. The quantitative estimate of drug-likeness (QED) is 0.632. The van der Waals surface area contributed by atoms with Crippen LogP contribution in [0.15, 0.2) is 33.9 Å². The molecule has 2 aromatic rings. The molecule has 0 radical (unpaired) electrons. The molecular weight excluding hydrogens is 418 g/mol. The van der Waals surface area contributed by atoms with Crippen molar-refractivity contribution in [1.29, 1.82) is 0 Å². The first-order valence-electron chi connectivity index (χ1n) is 9.27. The van der Waals surface area contributed by atoms with Gasteiger partial charge in [-0.2, -0.15) is 0 Å². The molecule has 2 aliphatic rings. The smallest absolute Gasteiger partial charge is 0.277 e. The van der Waals surface area contributed by atoms with E-state index in [-0.39, 0.29) is 35.2 Å². The summed E-state index contributed by atoms with van der Waals surface area (Å²) in [6.07, 6.45) is 0.809. The number of benzene rings is 1. The van der Waals surface area contributed by atoms with E-state index in [1.807, 2.05) is 24.3 Å². The van der Waals surface area contributed by atoms with Crippen molar-refractivity contribution < 1.29 is 27.1 Å².